The first-order valence-electron chi connectivity index (χ1n) is 12.7. The predicted molar refractivity (Wildman–Crippen MR) is 142 cm³/mol. The zero-order valence-corrected chi connectivity index (χ0v) is 20.9. The number of nitrogens with zero attached hydrogens (tertiary/aromatic N) is 3. The highest BCUT2D eigenvalue weighted by Crippen LogP contribution is 2.25. The van der Waals surface area contributed by atoms with E-state index in [9.17, 15) is 9.59 Å². The van der Waals surface area contributed by atoms with Crippen LogP contribution in [0.15, 0.2) is 83.3 Å². The second-order valence-corrected chi connectivity index (χ2v) is 9.48. The molecule has 0 spiro atoms. The molecule has 1 fully saturated rings. The maximum absolute atomic E-state index is 13.0. The van der Waals surface area contributed by atoms with E-state index in [1.54, 1.807) is 12.1 Å². The molecule has 0 aliphatic carbocycles. The van der Waals surface area contributed by atoms with Gasteiger partial charge in [0.25, 0.3) is 5.91 Å². The van der Waals surface area contributed by atoms with Crippen LogP contribution in [0.5, 0.6) is 0 Å². The fourth-order valence-electron chi connectivity index (χ4n) is 4.60. The van der Waals surface area contributed by atoms with E-state index in [4.69, 9.17) is 4.42 Å². The Morgan fingerprint density at radius 2 is 1.59 bits per heavy atom. The van der Waals surface area contributed by atoms with E-state index in [0.29, 0.717) is 36.9 Å². The highest BCUT2D eigenvalue weighted by Gasteiger charge is 2.24. The van der Waals surface area contributed by atoms with Crippen LogP contribution in [0.4, 0.5) is 0 Å². The molecule has 1 aromatic heterocycles. The molecule has 1 aliphatic heterocycles. The molecule has 2 amide bonds. The predicted octanol–water partition coefficient (Wildman–Crippen LogP) is 5.07. The number of piperidine rings is 1. The standard InChI is InChI=1S/C30H30N4O3/c1-21-6-5-9-25(20-21)29-33-32-28(37-29)23-11-13-24(14-12-23)30(36)34-18-16-26(17-19-34)31-27(35)15-10-22-7-3-2-4-8-22/h2-9,11-14,20,26H,10,15-19H2,1H3,(H,31,35). The summed E-state index contributed by atoms with van der Waals surface area (Å²) in [4.78, 5) is 27.3. The van der Waals surface area contributed by atoms with E-state index >= 15 is 0 Å². The van der Waals surface area contributed by atoms with Crippen molar-refractivity contribution in [2.75, 3.05) is 13.1 Å². The summed E-state index contributed by atoms with van der Waals surface area (Å²) < 4.78 is 5.86. The highest BCUT2D eigenvalue weighted by molar-refractivity contribution is 5.94. The van der Waals surface area contributed by atoms with Crippen LogP contribution >= 0.6 is 0 Å². The molecule has 0 unspecified atom stereocenters. The lowest BCUT2D eigenvalue weighted by Crippen LogP contribution is -2.46. The summed E-state index contributed by atoms with van der Waals surface area (Å²) in [6.07, 6.45) is 2.72. The Bertz CT molecular complexity index is 1360. The number of hydrogen-bond donors (Lipinski definition) is 1. The number of aryl methyl sites for hydroxylation is 2. The minimum absolute atomic E-state index is 0.00798. The average Bonchev–Trinajstić information content (AvgIpc) is 3.43. The summed E-state index contributed by atoms with van der Waals surface area (Å²) in [5.41, 5.74) is 4.54. The third kappa shape index (κ3) is 6.12. The second kappa shape index (κ2) is 11.2. The van der Waals surface area contributed by atoms with Crippen molar-refractivity contribution in [2.24, 2.45) is 0 Å². The van der Waals surface area contributed by atoms with E-state index < -0.39 is 0 Å². The summed E-state index contributed by atoms with van der Waals surface area (Å²) in [7, 11) is 0. The molecule has 2 heterocycles. The van der Waals surface area contributed by atoms with Gasteiger partial charge in [-0.15, -0.1) is 10.2 Å². The average molecular weight is 495 g/mol. The van der Waals surface area contributed by atoms with E-state index in [0.717, 1.165) is 41.5 Å². The number of aromatic nitrogens is 2. The molecule has 1 aliphatic rings. The number of benzene rings is 3. The van der Waals surface area contributed by atoms with Crippen LogP contribution in [0.1, 0.15) is 40.7 Å². The van der Waals surface area contributed by atoms with Gasteiger partial charge in [-0.05, 0) is 68.1 Å². The first-order valence-corrected chi connectivity index (χ1v) is 12.7. The number of hydrogen-bond acceptors (Lipinski definition) is 5. The molecular weight excluding hydrogens is 464 g/mol. The fraction of sp³-hybridized carbons (Fsp3) is 0.267. The van der Waals surface area contributed by atoms with Gasteiger partial charge in [-0.1, -0.05) is 48.0 Å². The summed E-state index contributed by atoms with van der Waals surface area (Å²) >= 11 is 0. The van der Waals surface area contributed by atoms with Gasteiger partial charge in [-0.25, -0.2) is 0 Å². The van der Waals surface area contributed by atoms with Gasteiger partial charge >= 0.3 is 0 Å². The van der Waals surface area contributed by atoms with Crippen LogP contribution in [0.2, 0.25) is 0 Å². The van der Waals surface area contributed by atoms with Crippen LogP contribution in [0.25, 0.3) is 22.9 Å². The Morgan fingerprint density at radius 1 is 0.892 bits per heavy atom. The monoisotopic (exact) mass is 494 g/mol. The first-order chi connectivity index (χ1) is 18.0. The van der Waals surface area contributed by atoms with Crippen molar-refractivity contribution < 1.29 is 14.0 Å². The molecule has 5 rings (SSSR count). The summed E-state index contributed by atoms with van der Waals surface area (Å²) in [5.74, 6) is 0.940. The second-order valence-electron chi connectivity index (χ2n) is 9.48. The van der Waals surface area contributed by atoms with Crippen molar-refractivity contribution in [3.05, 3.63) is 95.6 Å². The van der Waals surface area contributed by atoms with Crippen LogP contribution in [0, 0.1) is 6.92 Å². The van der Waals surface area contributed by atoms with Crippen molar-refractivity contribution in [3.63, 3.8) is 0 Å². The molecular formula is C30H30N4O3. The number of amides is 2. The van der Waals surface area contributed by atoms with Crippen molar-refractivity contribution >= 4 is 11.8 Å². The number of carbonyl (C=O) groups is 2. The number of carbonyl (C=O) groups excluding carboxylic acids is 2. The largest absolute Gasteiger partial charge is 0.416 e. The molecule has 188 valence electrons. The summed E-state index contributed by atoms with van der Waals surface area (Å²) in [6.45, 7) is 3.25. The summed E-state index contributed by atoms with van der Waals surface area (Å²) in [5, 5.41) is 11.5. The molecule has 7 nitrogen and oxygen atoms in total. The Labute approximate surface area is 216 Å². The number of rotatable bonds is 7. The first kappa shape index (κ1) is 24.4. The Kier molecular flexibility index (Phi) is 7.40. The topological polar surface area (TPSA) is 88.3 Å². The minimum Gasteiger partial charge on any atom is -0.416 e. The van der Waals surface area contributed by atoms with E-state index in [1.165, 1.54) is 0 Å². The highest BCUT2D eigenvalue weighted by atomic mass is 16.4. The van der Waals surface area contributed by atoms with Gasteiger partial charge < -0.3 is 14.6 Å². The zero-order valence-electron chi connectivity index (χ0n) is 20.9. The van der Waals surface area contributed by atoms with Gasteiger partial charge in [0.15, 0.2) is 0 Å². The van der Waals surface area contributed by atoms with Gasteiger partial charge in [0.1, 0.15) is 0 Å². The lowest BCUT2D eigenvalue weighted by Gasteiger charge is -2.32. The maximum Gasteiger partial charge on any atom is 0.253 e. The molecule has 3 aromatic carbocycles. The smallest absolute Gasteiger partial charge is 0.253 e. The molecule has 1 saturated heterocycles. The molecule has 0 saturated carbocycles. The lowest BCUT2D eigenvalue weighted by molar-refractivity contribution is -0.122. The lowest BCUT2D eigenvalue weighted by atomic mass is 10.0. The van der Waals surface area contributed by atoms with Crippen LogP contribution in [-0.4, -0.2) is 46.0 Å². The third-order valence-electron chi connectivity index (χ3n) is 6.70. The van der Waals surface area contributed by atoms with Gasteiger partial charge in [0.2, 0.25) is 17.7 Å². The van der Waals surface area contributed by atoms with Gasteiger partial charge in [0, 0.05) is 42.2 Å². The maximum atomic E-state index is 13.0. The van der Waals surface area contributed by atoms with Gasteiger partial charge in [-0.3, -0.25) is 9.59 Å². The Morgan fingerprint density at radius 3 is 2.30 bits per heavy atom. The van der Waals surface area contributed by atoms with Crippen molar-refractivity contribution in [1.82, 2.24) is 20.4 Å². The molecule has 0 bridgehead atoms. The molecule has 4 aromatic rings. The minimum atomic E-state index is -0.00798. The molecule has 7 heteroatoms. The summed E-state index contributed by atoms with van der Waals surface area (Å²) in [6, 6.07) is 25.3. The SMILES string of the molecule is Cc1cccc(-c2nnc(-c3ccc(C(=O)N4CCC(NC(=O)CCc5ccccc5)CC4)cc3)o2)c1. The quantitative estimate of drug-likeness (QED) is 0.388. The van der Waals surface area contributed by atoms with Crippen LogP contribution in [-0.2, 0) is 11.2 Å². The van der Waals surface area contributed by atoms with Crippen LogP contribution < -0.4 is 5.32 Å². The van der Waals surface area contributed by atoms with Crippen molar-refractivity contribution in [3.8, 4) is 22.9 Å². The van der Waals surface area contributed by atoms with Crippen molar-refractivity contribution in [2.45, 2.75) is 38.6 Å². The zero-order chi connectivity index (χ0) is 25.6. The molecule has 0 radical (unpaired) electrons. The molecule has 1 N–H and O–H groups in total. The number of nitrogens with one attached hydrogen (secondary N) is 1. The number of likely N-dealkylation sites (tertiary alicyclic amines) is 1. The van der Waals surface area contributed by atoms with E-state index in [1.807, 2.05) is 78.6 Å². The Hall–Kier alpha value is -4.26. The fourth-order valence-corrected chi connectivity index (χ4v) is 4.60. The van der Waals surface area contributed by atoms with Gasteiger partial charge in [-0.2, -0.15) is 0 Å². The normalized spacial score (nSPS) is 13.9. The van der Waals surface area contributed by atoms with E-state index in [2.05, 4.69) is 15.5 Å². The van der Waals surface area contributed by atoms with Gasteiger partial charge in [0.05, 0.1) is 0 Å². The third-order valence-corrected chi connectivity index (χ3v) is 6.70. The van der Waals surface area contributed by atoms with E-state index in [-0.39, 0.29) is 17.9 Å². The van der Waals surface area contributed by atoms with Crippen molar-refractivity contribution in [1.29, 1.82) is 0 Å². The van der Waals surface area contributed by atoms with Crippen LogP contribution in [0.3, 0.4) is 0 Å². The molecule has 0 atom stereocenters. The Balaban J connectivity index is 1.12. The molecule has 37 heavy (non-hydrogen) atoms.